The molecule has 0 aliphatic carbocycles. The number of pyridine rings is 1. The Morgan fingerprint density at radius 1 is 0.903 bits per heavy atom. The summed E-state index contributed by atoms with van der Waals surface area (Å²) in [6, 6.07) is 12.4. The number of aromatic amines is 1. The highest BCUT2D eigenvalue weighted by molar-refractivity contribution is 7.92. The summed E-state index contributed by atoms with van der Waals surface area (Å²) in [5, 5.41) is 14.7. The monoisotopic (exact) mass is 1000 g/mol. The first-order valence-electron chi connectivity index (χ1n) is 24.6. The molecule has 9 rings (SSSR count). The van der Waals surface area contributed by atoms with Gasteiger partial charge in [-0.1, -0.05) is 26.0 Å². The van der Waals surface area contributed by atoms with E-state index in [1.165, 1.54) is 18.5 Å². The van der Waals surface area contributed by atoms with E-state index in [0.717, 1.165) is 73.0 Å². The third-order valence-corrected chi connectivity index (χ3v) is 16.6. The summed E-state index contributed by atoms with van der Waals surface area (Å²) < 4.78 is 52.5. The number of nitrogens with zero attached hydrogens (tertiary/aromatic N) is 10. The number of sulfone groups is 1. The lowest BCUT2D eigenvalue weighted by atomic mass is 9.91. The van der Waals surface area contributed by atoms with Crippen molar-refractivity contribution in [1.82, 2.24) is 50.2 Å². The summed E-state index contributed by atoms with van der Waals surface area (Å²) in [7, 11) is -3.87. The average Bonchev–Trinajstić information content (AvgIpc) is 3.81. The zero-order valence-electron chi connectivity index (χ0n) is 42.7. The van der Waals surface area contributed by atoms with Crippen LogP contribution in [0, 0.1) is 19.7 Å². The van der Waals surface area contributed by atoms with Crippen molar-refractivity contribution in [3.63, 3.8) is 0 Å². The zero-order valence-corrected chi connectivity index (χ0v) is 43.5. The van der Waals surface area contributed by atoms with E-state index < -0.39 is 14.6 Å². The fourth-order valence-corrected chi connectivity index (χ4v) is 11.0. The predicted molar refractivity (Wildman–Crippen MR) is 276 cm³/mol. The standard InChI is InChI=1S/C52H66FN13O5S/c1-32-26-65(29-46(67)66-30-52(8,9)47-43(66)19-37(22-55-47)18-36-10-12-38(53)13-11-36)39(23-54-32)28-63-14-15-64(27-33(63)2)50-56-24-40(25-57-50)70-16-17-71-44-21-42-41(20-45(44)72(68,69)51(5,6)7)49(59-31-58-42)60-48-34(3)35(4)61-62-48/h10-13,19-22,24-25,31-33,39,54H,14-18,23,26-30H2,1-9H3,(H2,58,59,60,61,62)/t32-,33-,39-/m1/s1. The molecule has 0 spiro atoms. The van der Waals surface area contributed by atoms with Gasteiger partial charge in [0.05, 0.1) is 40.6 Å². The second kappa shape index (κ2) is 20.3. The fraction of sp³-hybridized carbons (Fsp3) is 0.481. The second-order valence-corrected chi connectivity index (χ2v) is 23.7. The van der Waals surface area contributed by atoms with Gasteiger partial charge in [0.2, 0.25) is 11.9 Å². The van der Waals surface area contributed by atoms with E-state index in [2.05, 4.69) is 89.2 Å². The Morgan fingerprint density at radius 3 is 2.36 bits per heavy atom. The molecule has 18 nitrogen and oxygen atoms in total. The minimum atomic E-state index is -3.87. The van der Waals surface area contributed by atoms with E-state index in [1.807, 2.05) is 24.9 Å². The first-order valence-corrected chi connectivity index (χ1v) is 26.1. The highest BCUT2D eigenvalue weighted by atomic mass is 32.2. The number of H-pyrrole nitrogens is 1. The van der Waals surface area contributed by atoms with Gasteiger partial charge in [0.25, 0.3) is 0 Å². The van der Waals surface area contributed by atoms with Gasteiger partial charge in [-0.2, -0.15) is 5.10 Å². The van der Waals surface area contributed by atoms with Gasteiger partial charge in [-0.3, -0.25) is 24.7 Å². The van der Waals surface area contributed by atoms with Crippen LogP contribution < -0.4 is 29.9 Å². The summed E-state index contributed by atoms with van der Waals surface area (Å²) in [4.78, 5) is 46.3. The molecule has 20 heteroatoms. The van der Waals surface area contributed by atoms with Gasteiger partial charge in [0, 0.05) is 98.3 Å². The molecule has 3 N–H and O–H groups in total. The quantitative estimate of drug-likeness (QED) is 0.0989. The Morgan fingerprint density at radius 2 is 1.65 bits per heavy atom. The Labute approximate surface area is 421 Å². The van der Waals surface area contributed by atoms with Crippen molar-refractivity contribution in [3.8, 4) is 11.5 Å². The highest BCUT2D eigenvalue weighted by Gasteiger charge is 2.41. The lowest BCUT2D eigenvalue weighted by molar-refractivity contribution is -0.120. The van der Waals surface area contributed by atoms with Crippen molar-refractivity contribution in [3.05, 3.63) is 101 Å². The number of amides is 1. The number of aromatic nitrogens is 7. The van der Waals surface area contributed by atoms with E-state index in [9.17, 15) is 17.6 Å². The summed E-state index contributed by atoms with van der Waals surface area (Å²) in [6.07, 6.45) is 7.18. The smallest absolute Gasteiger partial charge is 0.241 e. The van der Waals surface area contributed by atoms with Crippen molar-refractivity contribution < 1.29 is 27.1 Å². The molecular formula is C52H66FN13O5S. The first kappa shape index (κ1) is 50.6. The first-order chi connectivity index (χ1) is 34.2. The van der Waals surface area contributed by atoms with Gasteiger partial charge >= 0.3 is 0 Å². The Hall–Kier alpha value is -6.35. The number of ether oxygens (including phenoxy) is 2. The number of hydrogen-bond donors (Lipinski definition) is 3. The third kappa shape index (κ3) is 10.7. The molecule has 7 heterocycles. The van der Waals surface area contributed by atoms with Gasteiger partial charge in [0.1, 0.15) is 41.8 Å². The SMILES string of the molecule is Cc1[nH]nc(Nc2ncnc3cc(OCCOc4cnc(N5CCN(C[C@H]6CN[C@H](C)CN6CC(=O)N6CC(C)(C)c7ncc(Cc8ccc(F)cc8)cc76)[C@H](C)C5)nc4)c(S(=O)(=O)C(C)(C)C)cc23)c1C. The second-order valence-electron chi connectivity index (χ2n) is 21.1. The molecule has 3 atom stereocenters. The molecule has 0 saturated carbocycles. The zero-order chi connectivity index (χ0) is 51.1. The molecule has 2 fully saturated rings. The number of piperazine rings is 2. The molecular weight excluding hydrogens is 938 g/mol. The number of benzene rings is 2. The Balaban J connectivity index is 0.793. The topological polar surface area (TPSA) is 200 Å². The lowest BCUT2D eigenvalue weighted by Gasteiger charge is -2.45. The average molecular weight is 1000 g/mol. The highest BCUT2D eigenvalue weighted by Crippen LogP contribution is 2.41. The Bertz CT molecular complexity index is 3040. The van der Waals surface area contributed by atoms with Gasteiger partial charge in [-0.15, -0.1) is 0 Å². The van der Waals surface area contributed by atoms with Crippen LogP contribution in [-0.2, 0) is 26.5 Å². The lowest BCUT2D eigenvalue weighted by Crippen LogP contribution is -2.63. The van der Waals surface area contributed by atoms with Gasteiger partial charge in [-0.25, -0.2) is 32.7 Å². The van der Waals surface area contributed by atoms with E-state index in [4.69, 9.17) is 14.5 Å². The van der Waals surface area contributed by atoms with Crippen molar-refractivity contribution in [1.29, 1.82) is 0 Å². The van der Waals surface area contributed by atoms with Crippen LogP contribution in [0.2, 0.25) is 0 Å². The number of carbonyl (C=O) groups excluding carboxylic acids is 1. The van der Waals surface area contributed by atoms with E-state index in [-0.39, 0.29) is 59.1 Å². The maximum Gasteiger partial charge on any atom is 0.241 e. The number of hydrogen-bond acceptors (Lipinski definition) is 16. The van der Waals surface area contributed by atoms with Crippen LogP contribution in [0.1, 0.15) is 76.5 Å². The number of fused-ring (bicyclic) bond motifs is 2. The van der Waals surface area contributed by atoms with Crippen LogP contribution in [-0.4, -0.2) is 148 Å². The molecule has 2 aromatic carbocycles. The largest absolute Gasteiger partial charge is 0.489 e. The number of anilines is 4. The molecule has 4 aromatic heterocycles. The molecule has 0 unspecified atom stereocenters. The summed E-state index contributed by atoms with van der Waals surface area (Å²) in [6.45, 7) is 23.1. The molecule has 1 amide bonds. The normalized spacial score (nSPS) is 19.7. The molecule has 2 saturated heterocycles. The van der Waals surface area contributed by atoms with E-state index >= 15 is 0 Å². The predicted octanol–water partition coefficient (Wildman–Crippen LogP) is 6.16. The van der Waals surface area contributed by atoms with Crippen LogP contribution in [0.15, 0.2) is 72.3 Å². The maximum absolute atomic E-state index is 14.3. The van der Waals surface area contributed by atoms with Crippen LogP contribution in [0.3, 0.4) is 0 Å². The third-order valence-electron chi connectivity index (χ3n) is 14.1. The minimum Gasteiger partial charge on any atom is -0.489 e. The molecule has 3 aliphatic rings. The van der Waals surface area contributed by atoms with Crippen LogP contribution in [0.5, 0.6) is 11.5 Å². The van der Waals surface area contributed by atoms with Crippen LogP contribution in [0.4, 0.5) is 27.7 Å². The maximum atomic E-state index is 14.3. The van der Waals surface area contributed by atoms with Crippen molar-refractivity contribution >= 4 is 49.9 Å². The van der Waals surface area contributed by atoms with Crippen LogP contribution >= 0.6 is 0 Å². The number of halogens is 1. The summed E-state index contributed by atoms with van der Waals surface area (Å²) in [5.74, 6) is 2.03. The van der Waals surface area contributed by atoms with Crippen molar-refractivity contribution in [2.45, 2.75) is 102 Å². The number of rotatable bonds is 15. The van der Waals surface area contributed by atoms with Gasteiger partial charge in [0.15, 0.2) is 21.4 Å². The molecule has 0 bridgehead atoms. The minimum absolute atomic E-state index is 0.0247. The molecule has 3 aliphatic heterocycles. The van der Waals surface area contributed by atoms with Crippen molar-refractivity contribution in [2.75, 3.05) is 80.7 Å². The summed E-state index contributed by atoms with van der Waals surface area (Å²) in [5.41, 5.74) is 5.79. The molecule has 0 radical (unpaired) electrons. The van der Waals surface area contributed by atoms with E-state index in [0.29, 0.717) is 53.7 Å². The van der Waals surface area contributed by atoms with Gasteiger partial charge in [-0.05, 0) is 90.3 Å². The van der Waals surface area contributed by atoms with E-state index in [1.54, 1.807) is 57.4 Å². The molecule has 382 valence electrons. The summed E-state index contributed by atoms with van der Waals surface area (Å²) >= 11 is 0. The molecule has 6 aromatic rings. The number of aryl methyl sites for hydroxylation is 1. The fourth-order valence-electron chi connectivity index (χ4n) is 9.71. The number of nitrogens with one attached hydrogen (secondary N) is 3. The Kier molecular flexibility index (Phi) is 14.2. The molecule has 72 heavy (non-hydrogen) atoms. The van der Waals surface area contributed by atoms with Crippen molar-refractivity contribution in [2.24, 2.45) is 0 Å². The van der Waals surface area contributed by atoms with Crippen LogP contribution in [0.25, 0.3) is 10.9 Å². The number of carbonyl (C=O) groups is 1. The van der Waals surface area contributed by atoms with Gasteiger partial charge < -0.3 is 29.9 Å².